The first kappa shape index (κ1) is 12.3. The van der Waals surface area contributed by atoms with E-state index >= 15 is 0 Å². The van der Waals surface area contributed by atoms with Crippen molar-refractivity contribution in [3.05, 3.63) is 0 Å². The van der Waals surface area contributed by atoms with E-state index in [-0.39, 0.29) is 6.03 Å². The lowest BCUT2D eigenvalue weighted by Gasteiger charge is -2.12. The van der Waals surface area contributed by atoms with Crippen molar-refractivity contribution in [3.63, 3.8) is 0 Å². The summed E-state index contributed by atoms with van der Waals surface area (Å²) >= 11 is 0. The number of carbonyl (C=O) groups is 1. The largest absolute Gasteiger partial charge is 0.338 e. The number of rotatable bonds is 6. The number of hydrogen-bond donors (Lipinski definition) is 3. The Balaban J connectivity index is 1.93. The molecule has 0 heterocycles. The van der Waals surface area contributed by atoms with Crippen LogP contribution in [0.1, 0.15) is 39.0 Å². The van der Waals surface area contributed by atoms with Crippen LogP contribution in [0.15, 0.2) is 0 Å². The summed E-state index contributed by atoms with van der Waals surface area (Å²) in [6, 6.07) is 0.414. The Hall–Kier alpha value is -0.770. The van der Waals surface area contributed by atoms with E-state index in [1.807, 2.05) is 0 Å². The Morgan fingerprint density at radius 2 is 2.00 bits per heavy atom. The molecule has 0 aromatic heterocycles. The van der Waals surface area contributed by atoms with Crippen LogP contribution in [0.2, 0.25) is 0 Å². The fourth-order valence-corrected chi connectivity index (χ4v) is 1.90. The Kier molecular flexibility index (Phi) is 6.16. The van der Waals surface area contributed by atoms with Gasteiger partial charge in [0.15, 0.2) is 0 Å². The molecule has 1 fully saturated rings. The minimum Gasteiger partial charge on any atom is -0.338 e. The summed E-state index contributed by atoms with van der Waals surface area (Å²) in [7, 11) is 0. The predicted molar refractivity (Wildman–Crippen MR) is 62.0 cm³/mol. The standard InChI is InChI=1S/C11H23N3O/c1-2-12-8-5-9-13-11(15)14-10-6-3-4-7-10/h10,12H,2-9H2,1H3,(H2,13,14,15). The van der Waals surface area contributed by atoms with Crippen LogP contribution >= 0.6 is 0 Å². The van der Waals surface area contributed by atoms with Gasteiger partial charge in [-0.25, -0.2) is 4.79 Å². The molecule has 0 aromatic rings. The van der Waals surface area contributed by atoms with E-state index in [4.69, 9.17) is 0 Å². The smallest absolute Gasteiger partial charge is 0.315 e. The maximum Gasteiger partial charge on any atom is 0.315 e. The second kappa shape index (κ2) is 7.51. The molecule has 0 saturated heterocycles. The summed E-state index contributed by atoms with van der Waals surface area (Å²) in [4.78, 5) is 11.4. The molecular formula is C11H23N3O. The molecule has 2 amide bonds. The molecule has 1 saturated carbocycles. The molecule has 1 aliphatic carbocycles. The van der Waals surface area contributed by atoms with Crippen LogP contribution in [-0.2, 0) is 0 Å². The third-order valence-corrected chi connectivity index (χ3v) is 2.76. The molecule has 0 spiro atoms. The van der Waals surface area contributed by atoms with Crippen molar-refractivity contribution in [1.29, 1.82) is 0 Å². The van der Waals surface area contributed by atoms with E-state index in [9.17, 15) is 4.79 Å². The van der Waals surface area contributed by atoms with Gasteiger partial charge in [-0.2, -0.15) is 0 Å². The quantitative estimate of drug-likeness (QED) is 0.581. The van der Waals surface area contributed by atoms with Crippen LogP contribution in [0.4, 0.5) is 4.79 Å². The van der Waals surface area contributed by atoms with Crippen molar-refractivity contribution in [2.45, 2.75) is 45.1 Å². The summed E-state index contributed by atoms with van der Waals surface area (Å²) in [6.45, 7) is 4.81. The maximum absolute atomic E-state index is 11.4. The SMILES string of the molecule is CCNCCCNC(=O)NC1CCCC1. The zero-order chi connectivity index (χ0) is 10.9. The molecule has 0 radical (unpaired) electrons. The van der Waals surface area contributed by atoms with Crippen LogP contribution in [0.25, 0.3) is 0 Å². The third-order valence-electron chi connectivity index (χ3n) is 2.76. The minimum absolute atomic E-state index is 0.00148. The lowest BCUT2D eigenvalue weighted by molar-refractivity contribution is 0.237. The molecule has 0 atom stereocenters. The summed E-state index contributed by atoms with van der Waals surface area (Å²) in [5.74, 6) is 0. The van der Waals surface area contributed by atoms with Crippen molar-refractivity contribution < 1.29 is 4.79 Å². The Bertz CT molecular complexity index is 179. The Labute approximate surface area is 92.2 Å². The molecule has 0 bridgehead atoms. The van der Waals surface area contributed by atoms with Gasteiger partial charge in [0.25, 0.3) is 0 Å². The summed E-state index contributed by atoms with van der Waals surface area (Å²) in [6.07, 6.45) is 5.79. The van der Waals surface area contributed by atoms with Gasteiger partial charge in [-0.1, -0.05) is 19.8 Å². The molecule has 0 aromatic carbocycles. The first-order valence-electron chi connectivity index (χ1n) is 6.08. The molecule has 0 aliphatic heterocycles. The van der Waals surface area contributed by atoms with Gasteiger partial charge < -0.3 is 16.0 Å². The third kappa shape index (κ3) is 5.62. The predicted octanol–water partition coefficient (Wildman–Crippen LogP) is 1.23. The minimum atomic E-state index is -0.00148. The normalized spacial score (nSPS) is 16.6. The highest BCUT2D eigenvalue weighted by Gasteiger charge is 2.16. The topological polar surface area (TPSA) is 53.2 Å². The maximum atomic E-state index is 11.4. The first-order valence-corrected chi connectivity index (χ1v) is 6.08. The molecule has 1 rings (SSSR count). The number of amides is 2. The highest BCUT2D eigenvalue weighted by atomic mass is 16.2. The molecule has 1 aliphatic rings. The van der Waals surface area contributed by atoms with E-state index < -0.39 is 0 Å². The summed E-state index contributed by atoms with van der Waals surface area (Å²) in [5, 5.41) is 9.10. The van der Waals surface area contributed by atoms with Crippen LogP contribution in [-0.4, -0.2) is 31.7 Å². The fourth-order valence-electron chi connectivity index (χ4n) is 1.90. The molecule has 88 valence electrons. The van der Waals surface area contributed by atoms with Gasteiger partial charge in [-0.05, 0) is 32.4 Å². The number of carbonyl (C=O) groups excluding carboxylic acids is 1. The zero-order valence-electron chi connectivity index (χ0n) is 9.64. The second-order valence-electron chi connectivity index (χ2n) is 4.09. The highest BCUT2D eigenvalue weighted by Crippen LogP contribution is 2.17. The molecule has 4 heteroatoms. The molecule has 0 unspecified atom stereocenters. The number of hydrogen-bond acceptors (Lipinski definition) is 2. The van der Waals surface area contributed by atoms with Crippen molar-refractivity contribution in [2.24, 2.45) is 0 Å². The number of nitrogens with one attached hydrogen (secondary N) is 3. The van der Waals surface area contributed by atoms with Gasteiger partial charge in [-0.3, -0.25) is 0 Å². The first-order chi connectivity index (χ1) is 7.33. The molecular weight excluding hydrogens is 190 g/mol. The van der Waals surface area contributed by atoms with E-state index in [1.54, 1.807) is 0 Å². The van der Waals surface area contributed by atoms with Gasteiger partial charge in [0.2, 0.25) is 0 Å². The fraction of sp³-hybridized carbons (Fsp3) is 0.909. The van der Waals surface area contributed by atoms with Crippen molar-refractivity contribution in [1.82, 2.24) is 16.0 Å². The highest BCUT2D eigenvalue weighted by molar-refractivity contribution is 5.74. The summed E-state index contributed by atoms with van der Waals surface area (Å²) in [5.41, 5.74) is 0. The second-order valence-corrected chi connectivity index (χ2v) is 4.09. The van der Waals surface area contributed by atoms with Crippen LogP contribution < -0.4 is 16.0 Å². The van der Waals surface area contributed by atoms with E-state index in [0.717, 1.165) is 38.9 Å². The van der Waals surface area contributed by atoms with Gasteiger partial charge in [0, 0.05) is 12.6 Å². The van der Waals surface area contributed by atoms with Gasteiger partial charge >= 0.3 is 6.03 Å². The van der Waals surface area contributed by atoms with Crippen molar-refractivity contribution >= 4 is 6.03 Å². The van der Waals surface area contributed by atoms with Gasteiger partial charge in [0.1, 0.15) is 0 Å². The average molecular weight is 213 g/mol. The van der Waals surface area contributed by atoms with Crippen LogP contribution in [0.5, 0.6) is 0 Å². The Morgan fingerprint density at radius 1 is 1.27 bits per heavy atom. The monoisotopic (exact) mass is 213 g/mol. The van der Waals surface area contributed by atoms with Crippen molar-refractivity contribution in [2.75, 3.05) is 19.6 Å². The van der Waals surface area contributed by atoms with Crippen molar-refractivity contribution in [3.8, 4) is 0 Å². The van der Waals surface area contributed by atoms with Gasteiger partial charge in [0.05, 0.1) is 0 Å². The lowest BCUT2D eigenvalue weighted by atomic mass is 10.2. The zero-order valence-corrected chi connectivity index (χ0v) is 9.64. The van der Waals surface area contributed by atoms with Gasteiger partial charge in [-0.15, -0.1) is 0 Å². The van der Waals surface area contributed by atoms with Crippen LogP contribution in [0.3, 0.4) is 0 Å². The average Bonchev–Trinajstić information content (AvgIpc) is 2.70. The molecule has 15 heavy (non-hydrogen) atoms. The lowest BCUT2D eigenvalue weighted by Crippen LogP contribution is -2.41. The molecule has 3 N–H and O–H groups in total. The van der Waals surface area contributed by atoms with E-state index in [1.165, 1.54) is 12.8 Å². The van der Waals surface area contributed by atoms with Crippen LogP contribution in [0, 0.1) is 0 Å². The summed E-state index contributed by atoms with van der Waals surface area (Å²) < 4.78 is 0. The Morgan fingerprint density at radius 3 is 2.67 bits per heavy atom. The van der Waals surface area contributed by atoms with E-state index in [0.29, 0.717) is 6.04 Å². The van der Waals surface area contributed by atoms with E-state index in [2.05, 4.69) is 22.9 Å². The molecule has 4 nitrogen and oxygen atoms in total. The number of urea groups is 1.